The molecule has 1 aromatic rings. The van der Waals surface area contributed by atoms with E-state index in [0.717, 1.165) is 5.69 Å². The predicted octanol–water partition coefficient (Wildman–Crippen LogP) is 2.74. The maximum atomic E-state index is 13.3. The van der Waals surface area contributed by atoms with Gasteiger partial charge in [0.2, 0.25) is 11.6 Å². The van der Waals surface area contributed by atoms with Crippen molar-refractivity contribution < 1.29 is 14.0 Å². The Morgan fingerprint density at radius 1 is 1.42 bits per heavy atom. The van der Waals surface area contributed by atoms with Crippen LogP contribution in [0.5, 0.6) is 0 Å². The fourth-order valence-electron chi connectivity index (χ4n) is 2.46. The maximum absolute atomic E-state index is 13.3. The Morgan fingerprint density at radius 2 is 2.16 bits per heavy atom. The molecule has 2 unspecified atom stereocenters. The summed E-state index contributed by atoms with van der Waals surface area (Å²) >= 11 is 0. The Labute approximate surface area is 111 Å². The van der Waals surface area contributed by atoms with Crippen LogP contribution in [0.15, 0.2) is 0 Å². The molecule has 1 aliphatic rings. The fraction of sp³-hybridized carbons (Fsp3) is 0.643. The number of aromatic amines is 1. The monoisotopic (exact) mass is 266 g/mol. The molecule has 19 heavy (non-hydrogen) atoms. The average molecular weight is 266 g/mol. The van der Waals surface area contributed by atoms with Crippen LogP contribution in [0.25, 0.3) is 0 Å². The molecule has 0 fully saturated rings. The number of nitrogens with one attached hydrogen (secondary N) is 1. The lowest BCUT2D eigenvalue weighted by atomic mass is 9.84. The standard InChI is InChI=1S/C14H19FN2O2/c1-3-9(15)6-5-8-7-10(18)14(19)13-12(8)16-11(4-2)17-13/h8-9H,3-7H2,1-2H3,(H,16,17). The number of rotatable bonds is 5. The Morgan fingerprint density at radius 3 is 2.79 bits per heavy atom. The SMILES string of the molecule is CCc1nc2c([nH]1)C(CCC(F)CC)CC(=O)C2=O. The van der Waals surface area contributed by atoms with Gasteiger partial charge in [-0.3, -0.25) is 9.59 Å². The minimum absolute atomic E-state index is 0.0993. The number of aryl methyl sites for hydroxylation is 1. The number of carbonyl (C=O) groups excluding carboxylic acids is 2. The first-order chi connectivity index (χ1) is 9.06. The van der Waals surface area contributed by atoms with Crippen LogP contribution in [0, 0.1) is 0 Å². The number of Topliss-reactive ketones (excluding diaryl/α,β-unsaturated/α-hetero) is 2. The Kier molecular flexibility index (Phi) is 4.12. The van der Waals surface area contributed by atoms with Crippen LogP contribution < -0.4 is 0 Å². The molecule has 0 bridgehead atoms. The van der Waals surface area contributed by atoms with Gasteiger partial charge in [-0.2, -0.15) is 0 Å². The minimum atomic E-state index is -0.843. The van der Waals surface area contributed by atoms with Crippen LogP contribution in [0.1, 0.15) is 67.5 Å². The second-order valence-corrected chi connectivity index (χ2v) is 5.04. The number of ketones is 2. The van der Waals surface area contributed by atoms with Gasteiger partial charge in [-0.1, -0.05) is 13.8 Å². The minimum Gasteiger partial charge on any atom is -0.345 e. The van der Waals surface area contributed by atoms with Crippen molar-refractivity contribution in [3.63, 3.8) is 0 Å². The lowest BCUT2D eigenvalue weighted by Crippen LogP contribution is -2.26. The van der Waals surface area contributed by atoms with Crippen molar-refractivity contribution in [2.24, 2.45) is 0 Å². The Balaban J connectivity index is 2.22. The Bertz CT molecular complexity index is 496. The molecule has 4 nitrogen and oxygen atoms in total. The van der Waals surface area contributed by atoms with Crippen LogP contribution in [0.4, 0.5) is 4.39 Å². The molecule has 1 heterocycles. The molecule has 1 aliphatic carbocycles. The van der Waals surface area contributed by atoms with E-state index in [4.69, 9.17) is 0 Å². The van der Waals surface area contributed by atoms with E-state index < -0.39 is 17.7 Å². The summed E-state index contributed by atoms with van der Waals surface area (Å²) in [5.41, 5.74) is 0.981. The third kappa shape index (κ3) is 2.74. The van der Waals surface area contributed by atoms with Gasteiger partial charge in [-0.15, -0.1) is 0 Å². The number of hydrogen-bond acceptors (Lipinski definition) is 3. The molecule has 0 spiro atoms. The van der Waals surface area contributed by atoms with Crippen molar-refractivity contribution >= 4 is 11.6 Å². The molecule has 2 rings (SSSR count). The molecule has 0 amide bonds. The highest BCUT2D eigenvalue weighted by molar-refractivity contribution is 6.44. The number of fused-ring (bicyclic) bond motifs is 1. The van der Waals surface area contributed by atoms with E-state index in [9.17, 15) is 14.0 Å². The van der Waals surface area contributed by atoms with Gasteiger partial charge in [0, 0.05) is 24.5 Å². The molecule has 0 radical (unpaired) electrons. The summed E-state index contributed by atoms with van der Waals surface area (Å²) in [4.78, 5) is 30.8. The number of carbonyl (C=O) groups is 2. The third-order valence-electron chi connectivity index (χ3n) is 3.70. The maximum Gasteiger partial charge on any atom is 0.248 e. The van der Waals surface area contributed by atoms with Crippen molar-refractivity contribution in [2.45, 2.75) is 58.0 Å². The van der Waals surface area contributed by atoms with Gasteiger partial charge in [0.05, 0.1) is 6.17 Å². The second kappa shape index (κ2) is 5.63. The zero-order valence-electron chi connectivity index (χ0n) is 11.3. The van der Waals surface area contributed by atoms with E-state index in [-0.39, 0.29) is 18.0 Å². The van der Waals surface area contributed by atoms with Crippen LogP contribution in [0.2, 0.25) is 0 Å². The number of aromatic nitrogens is 2. The van der Waals surface area contributed by atoms with Crippen molar-refractivity contribution in [1.82, 2.24) is 9.97 Å². The van der Waals surface area contributed by atoms with Gasteiger partial charge in [0.1, 0.15) is 11.5 Å². The van der Waals surface area contributed by atoms with E-state index in [1.165, 1.54) is 0 Å². The van der Waals surface area contributed by atoms with Gasteiger partial charge in [-0.25, -0.2) is 9.37 Å². The highest BCUT2D eigenvalue weighted by Crippen LogP contribution is 2.32. The summed E-state index contributed by atoms with van der Waals surface area (Å²) in [6, 6.07) is 0. The average Bonchev–Trinajstić information content (AvgIpc) is 2.85. The molecule has 0 aliphatic heterocycles. The van der Waals surface area contributed by atoms with Crippen LogP contribution in [0.3, 0.4) is 0 Å². The summed E-state index contributed by atoms with van der Waals surface area (Å²) in [6.07, 6.45) is 1.49. The van der Waals surface area contributed by atoms with E-state index >= 15 is 0 Å². The van der Waals surface area contributed by atoms with E-state index in [1.54, 1.807) is 6.92 Å². The molecule has 0 saturated heterocycles. The first kappa shape index (κ1) is 13.9. The highest BCUT2D eigenvalue weighted by Gasteiger charge is 2.35. The summed E-state index contributed by atoms with van der Waals surface area (Å²) < 4.78 is 13.3. The smallest absolute Gasteiger partial charge is 0.248 e. The third-order valence-corrected chi connectivity index (χ3v) is 3.70. The van der Waals surface area contributed by atoms with Crippen LogP contribution in [-0.2, 0) is 11.2 Å². The van der Waals surface area contributed by atoms with Gasteiger partial charge < -0.3 is 4.98 Å². The van der Waals surface area contributed by atoms with Crippen LogP contribution >= 0.6 is 0 Å². The fourth-order valence-corrected chi connectivity index (χ4v) is 2.46. The van der Waals surface area contributed by atoms with Crippen molar-refractivity contribution in [1.29, 1.82) is 0 Å². The summed E-state index contributed by atoms with van der Waals surface area (Å²) in [6.45, 7) is 3.73. The van der Waals surface area contributed by atoms with Crippen molar-refractivity contribution in [3.05, 3.63) is 17.2 Å². The lowest BCUT2D eigenvalue weighted by Gasteiger charge is -2.20. The molecule has 1 N–H and O–H groups in total. The van der Waals surface area contributed by atoms with Crippen molar-refractivity contribution in [2.75, 3.05) is 0 Å². The number of halogens is 1. The van der Waals surface area contributed by atoms with E-state index in [2.05, 4.69) is 9.97 Å². The number of hydrogen-bond donors (Lipinski definition) is 1. The predicted molar refractivity (Wildman–Crippen MR) is 69.1 cm³/mol. The molecular weight excluding hydrogens is 247 g/mol. The number of alkyl halides is 1. The normalized spacial score (nSPS) is 20.5. The largest absolute Gasteiger partial charge is 0.345 e. The molecule has 0 aromatic carbocycles. The molecule has 104 valence electrons. The van der Waals surface area contributed by atoms with Gasteiger partial charge in [0.25, 0.3) is 0 Å². The lowest BCUT2D eigenvalue weighted by molar-refractivity contribution is -0.115. The molecular formula is C14H19FN2O2. The molecule has 1 aromatic heterocycles. The molecule has 5 heteroatoms. The highest BCUT2D eigenvalue weighted by atomic mass is 19.1. The zero-order valence-corrected chi connectivity index (χ0v) is 11.3. The summed E-state index contributed by atoms with van der Waals surface area (Å²) in [7, 11) is 0. The summed E-state index contributed by atoms with van der Waals surface area (Å²) in [5.74, 6) is -0.295. The van der Waals surface area contributed by atoms with E-state index in [0.29, 0.717) is 31.5 Å². The number of nitrogens with zero attached hydrogens (tertiary/aromatic N) is 1. The first-order valence-corrected chi connectivity index (χ1v) is 6.87. The van der Waals surface area contributed by atoms with Gasteiger partial charge >= 0.3 is 0 Å². The number of H-pyrrole nitrogens is 1. The first-order valence-electron chi connectivity index (χ1n) is 6.87. The molecule has 2 atom stereocenters. The molecule has 0 saturated carbocycles. The van der Waals surface area contributed by atoms with E-state index in [1.807, 2.05) is 6.92 Å². The van der Waals surface area contributed by atoms with Gasteiger partial charge in [-0.05, 0) is 19.3 Å². The van der Waals surface area contributed by atoms with Crippen LogP contribution in [-0.4, -0.2) is 27.7 Å². The second-order valence-electron chi connectivity index (χ2n) is 5.04. The number of imidazole rings is 1. The topological polar surface area (TPSA) is 62.8 Å². The Hall–Kier alpha value is -1.52. The van der Waals surface area contributed by atoms with Crippen molar-refractivity contribution in [3.8, 4) is 0 Å². The van der Waals surface area contributed by atoms with Gasteiger partial charge in [0.15, 0.2) is 0 Å². The zero-order chi connectivity index (χ0) is 14.0. The quantitative estimate of drug-likeness (QED) is 0.833. The summed E-state index contributed by atoms with van der Waals surface area (Å²) in [5, 5.41) is 0.